The first-order chi connectivity index (χ1) is 6.52. The van der Waals surface area contributed by atoms with Gasteiger partial charge in [-0.25, -0.2) is 0 Å². The summed E-state index contributed by atoms with van der Waals surface area (Å²) in [5.41, 5.74) is 0.648. The molecule has 3 atom stereocenters. The van der Waals surface area contributed by atoms with Gasteiger partial charge in [0, 0.05) is 13.1 Å². The smallest absolute Gasteiger partial charge is 0.00377 e. The van der Waals surface area contributed by atoms with Gasteiger partial charge in [0.05, 0.1) is 0 Å². The molecule has 1 nitrogen and oxygen atoms in total. The van der Waals surface area contributed by atoms with E-state index in [2.05, 4.69) is 32.7 Å². The second-order valence-electron chi connectivity index (χ2n) is 6.33. The zero-order valence-electron chi connectivity index (χ0n) is 10.2. The molecule has 0 aromatic carbocycles. The normalized spacial score (nSPS) is 44.4. The van der Waals surface area contributed by atoms with Gasteiger partial charge in [-0.15, -0.1) is 0 Å². The molecule has 0 spiro atoms. The first-order valence-corrected chi connectivity index (χ1v) is 6.20. The largest absolute Gasteiger partial charge is 0.306 e. The molecule has 1 heteroatoms. The highest BCUT2D eigenvalue weighted by Gasteiger charge is 2.45. The number of hydrogen-bond acceptors (Lipinski definition) is 1. The molecule has 0 N–H and O–H groups in total. The minimum Gasteiger partial charge on any atom is -0.306 e. The molecule has 14 heavy (non-hydrogen) atoms. The number of piperidine rings is 1. The van der Waals surface area contributed by atoms with Crippen LogP contribution in [0.2, 0.25) is 0 Å². The third kappa shape index (κ3) is 1.71. The van der Waals surface area contributed by atoms with Gasteiger partial charge < -0.3 is 4.90 Å². The van der Waals surface area contributed by atoms with Crippen LogP contribution in [0.25, 0.3) is 0 Å². The Labute approximate surface area is 88.9 Å². The van der Waals surface area contributed by atoms with E-state index in [1.54, 1.807) is 0 Å². The molecule has 1 heterocycles. The summed E-state index contributed by atoms with van der Waals surface area (Å²) >= 11 is 0. The first kappa shape index (κ1) is 10.5. The molecule has 2 bridgehead atoms. The van der Waals surface area contributed by atoms with E-state index < -0.39 is 0 Å². The van der Waals surface area contributed by atoms with Crippen molar-refractivity contribution in [2.45, 2.75) is 40.0 Å². The number of fused-ring (bicyclic) bond motifs is 2. The van der Waals surface area contributed by atoms with Gasteiger partial charge in [0.15, 0.2) is 0 Å². The van der Waals surface area contributed by atoms with Crippen molar-refractivity contribution in [2.75, 3.05) is 20.1 Å². The summed E-state index contributed by atoms with van der Waals surface area (Å²) in [5, 5.41) is 0. The van der Waals surface area contributed by atoms with Crippen LogP contribution in [0.3, 0.4) is 0 Å². The predicted octanol–water partition coefficient (Wildman–Crippen LogP) is 3.01. The van der Waals surface area contributed by atoms with E-state index in [4.69, 9.17) is 0 Å². The highest BCUT2D eigenvalue weighted by molar-refractivity contribution is 4.96. The molecule has 1 saturated heterocycles. The summed E-state index contributed by atoms with van der Waals surface area (Å²) in [6, 6.07) is 0. The second-order valence-corrected chi connectivity index (χ2v) is 6.33. The topological polar surface area (TPSA) is 3.24 Å². The van der Waals surface area contributed by atoms with Gasteiger partial charge in [0.1, 0.15) is 0 Å². The molecule has 82 valence electrons. The van der Waals surface area contributed by atoms with Crippen LogP contribution in [0.4, 0.5) is 0 Å². The van der Waals surface area contributed by atoms with Crippen molar-refractivity contribution in [2.24, 2.45) is 23.2 Å². The molecule has 3 unspecified atom stereocenters. The maximum Gasteiger partial charge on any atom is 0.00377 e. The van der Waals surface area contributed by atoms with Crippen LogP contribution in [0.15, 0.2) is 0 Å². The fourth-order valence-corrected chi connectivity index (χ4v) is 4.05. The van der Waals surface area contributed by atoms with E-state index in [0.29, 0.717) is 5.41 Å². The summed E-state index contributed by atoms with van der Waals surface area (Å²) in [5.74, 6) is 2.81. The van der Waals surface area contributed by atoms with Crippen LogP contribution in [-0.4, -0.2) is 25.0 Å². The predicted molar refractivity (Wildman–Crippen MR) is 61.3 cm³/mol. The maximum absolute atomic E-state index is 2.57. The monoisotopic (exact) mass is 195 g/mol. The molecular formula is C13H25N. The van der Waals surface area contributed by atoms with Crippen molar-refractivity contribution in [3.8, 4) is 0 Å². The summed E-state index contributed by atoms with van der Waals surface area (Å²) in [6.07, 6.45) is 4.43. The zero-order chi connectivity index (χ0) is 10.3. The Morgan fingerprint density at radius 2 is 2.00 bits per heavy atom. The van der Waals surface area contributed by atoms with Crippen LogP contribution in [0.5, 0.6) is 0 Å². The molecule has 1 saturated carbocycles. The second kappa shape index (κ2) is 3.52. The third-order valence-electron chi connectivity index (χ3n) is 4.57. The van der Waals surface area contributed by atoms with Crippen molar-refractivity contribution in [1.82, 2.24) is 4.90 Å². The van der Waals surface area contributed by atoms with Gasteiger partial charge in [-0.1, -0.05) is 20.8 Å². The molecule has 0 amide bonds. The van der Waals surface area contributed by atoms with Gasteiger partial charge in [-0.2, -0.15) is 0 Å². The molecule has 2 rings (SSSR count). The van der Waals surface area contributed by atoms with Crippen molar-refractivity contribution in [3.63, 3.8) is 0 Å². The fraction of sp³-hybridized carbons (Fsp3) is 1.00. The van der Waals surface area contributed by atoms with E-state index in [1.165, 1.54) is 32.4 Å². The molecule has 0 radical (unpaired) electrons. The molecule has 2 aliphatic rings. The Kier molecular flexibility index (Phi) is 2.63. The Balaban J connectivity index is 2.19. The average Bonchev–Trinajstić information content (AvgIpc) is 2.00. The van der Waals surface area contributed by atoms with Gasteiger partial charge in [-0.05, 0) is 49.5 Å². The Hall–Kier alpha value is -0.0400. The molecule has 0 aromatic rings. The minimum absolute atomic E-state index is 0.648. The van der Waals surface area contributed by atoms with E-state index in [0.717, 1.165) is 17.8 Å². The van der Waals surface area contributed by atoms with E-state index >= 15 is 0 Å². The molecular weight excluding hydrogens is 170 g/mol. The van der Waals surface area contributed by atoms with Gasteiger partial charge >= 0.3 is 0 Å². The molecule has 1 aliphatic heterocycles. The van der Waals surface area contributed by atoms with Crippen LogP contribution in [0, 0.1) is 23.2 Å². The number of nitrogens with zero attached hydrogens (tertiary/aromatic N) is 1. The lowest BCUT2D eigenvalue weighted by Crippen LogP contribution is -2.52. The average molecular weight is 195 g/mol. The quantitative estimate of drug-likeness (QED) is 0.621. The Morgan fingerprint density at radius 1 is 1.29 bits per heavy atom. The minimum atomic E-state index is 0.648. The van der Waals surface area contributed by atoms with Gasteiger partial charge in [-0.3, -0.25) is 0 Å². The lowest BCUT2D eigenvalue weighted by atomic mass is 9.59. The number of likely N-dealkylation sites (tertiary alicyclic amines) is 1. The summed E-state index contributed by atoms with van der Waals surface area (Å²) in [7, 11) is 2.30. The summed E-state index contributed by atoms with van der Waals surface area (Å²) < 4.78 is 0. The van der Waals surface area contributed by atoms with E-state index in [1.807, 2.05) is 0 Å². The fourth-order valence-electron chi connectivity index (χ4n) is 4.05. The molecule has 1 aliphatic carbocycles. The lowest BCUT2D eigenvalue weighted by molar-refractivity contribution is -0.0325. The van der Waals surface area contributed by atoms with Crippen molar-refractivity contribution < 1.29 is 0 Å². The van der Waals surface area contributed by atoms with Crippen LogP contribution >= 0.6 is 0 Å². The number of rotatable bonds is 1. The first-order valence-electron chi connectivity index (χ1n) is 6.20. The SMILES string of the molecule is CC1CC2CN(C)CC(C(C)C)(C1)C2. The molecule has 0 aromatic heterocycles. The zero-order valence-corrected chi connectivity index (χ0v) is 10.2. The summed E-state index contributed by atoms with van der Waals surface area (Å²) in [4.78, 5) is 2.57. The van der Waals surface area contributed by atoms with Crippen LogP contribution < -0.4 is 0 Å². The highest BCUT2D eigenvalue weighted by Crippen LogP contribution is 2.50. The molecule has 2 fully saturated rings. The van der Waals surface area contributed by atoms with Crippen LogP contribution in [-0.2, 0) is 0 Å². The van der Waals surface area contributed by atoms with Crippen molar-refractivity contribution in [3.05, 3.63) is 0 Å². The van der Waals surface area contributed by atoms with Gasteiger partial charge in [0.25, 0.3) is 0 Å². The maximum atomic E-state index is 2.57. The van der Waals surface area contributed by atoms with E-state index in [-0.39, 0.29) is 0 Å². The standard InChI is InChI=1S/C13H25N/c1-10(2)13-6-11(3)5-12(7-13)8-14(4)9-13/h10-12H,5-9H2,1-4H3. The van der Waals surface area contributed by atoms with Crippen molar-refractivity contribution in [1.29, 1.82) is 0 Å². The van der Waals surface area contributed by atoms with Gasteiger partial charge in [0.2, 0.25) is 0 Å². The number of hydrogen-bond donors (Lipinski definition) is 0. The van der Waals surface area contributed by atoms with Crippen molar-refractivity contribution >= 4 is 0 Å². The lowest BCUT2D eigenvalue weighted by Gasteiger charge is -2.53. The van der Waals surface area contributed by atoms with E-state index in [9.17, 15) is 0 Å². The Bertz CT molecular complexity index is 190. The Morgan fingerprint density at radius 3 is 2.64 bits per heavy atom. The van der Waals surface area contributed by atoms with Crippen LogP contribution in [0.1, 0.15) is 40.0 Å². The summed E-state index contributed by atoms with van der Waals surface area (Å²) in [6.45, 7) is 9.99. The third-order valence-corrected chi connectivity index (χ3v) is 4.57. The highest BCUT2D eigenvalue weighted by atomic mass is 15.1.